The maximum atomic E-state index is 12.1. The molecule has 2 aromatic rings. The van der Waals surface area contributed by atoms with Gasteiger partial charge in [0.15, 0.2) is 0 Å². The van der Waals surface area contributed by atoms with Crippen LogP contribution in [0.15, 0.2) is 24.3 Å². The number of carbonyl (C=O) groups is 1. The van der Waals surface area contributed by atoms with Crippen LogP contribution in [0.3, 0.4) is 0 Å². The quantitative estimate of drug-likeness (QED) is 0.772. The van der Waals surface area contributed by atoms with Gasteiger partial charge >= 0.3 is 0 Å². The van der Waals surface area contributed by atoms with Crippen molar-refractivity contribution in [2.45, 2.75) is 46.3 Å². The van der Waals surface area contributed by atoms with Crippen LogP contribution < -0.4 is 15.4 Å². The van der Waals surface area contributed by atoms with E-state index in [0.29, 0.717) is 18.7 Å². The second-order valence-electron chi connectivity index (χ2n) is 6.28. The molecule has 6 nitrogen and oxygen atoms in total. The molecule has 0 saturated carbocycles. The smallest absolute Gasteiger partial charge is 0.251 e. The van der Waals surface area contributed by atoms with Gasteiger partial charge in [-0.05, 0) is 38.0 Å². The highest BCUT2D eigenvalue weighted by Gasteiger charge is 2.13. The van der Waals surface area contributed by atoms with Gasteiger partial charge in [-0.2, -0.15) is 5.10 Å². The Balaban J connectivity index is 1.91. The number of benzene rings is 1. The van der Waals surface area contributed by atoms with Crippen LogP contribution >= 0.6 is 0 Å². The largest absolute Gasteiger partial charge is 0.481 e. The van der Waals surface area contributed by atoms with Crippen molar-refractivity contribution in [3.05, 3.63) is 46.6 Å². The van der Waals surface area contributed by atoms with E-state index >= 15 is 0 Å². The molecule has 0 aliphatic rings. The third kappa shape index (κ3) is 4.82. The molecule has 1 aromatic heterocycles. The van der Waals surface area contributed by atoms with Gasteiger partial charge in [0.1, 0.15) is 0 Å². The maximum Gasteiger partial charge on any atom is 0.251 e. The summed E-state index contributed by atoms with van der Waals surface area (Å²) in [6, 6.07) is 7.87. The zero-order valence-corrected chi connectivity index (χ0v) is 15.7. The fraction of sp³-hybridized carbons (Fsp3) is 0.474. The van der Waals surface area contributed by atoms with Crippen LogP contribution in [-0.2, 0) is 20.1 Å². The Morgan fingerprint density at radius 1 is 1.28 bits per heavy atom. The van der Waals surface area contributed by atoms with Gasteiger partial charge in [0.2, 0.25) is 5.88 Å². The van der Waals surface area contributed by atoms with Crippen molar-refractivity contribution in [2.75, 3.05) is 7.11 Å². The first-order chi connectivity index (χ1) is 12.0. The highest BCUT2D eigenvalue weighted by molar-refractivity contribution is 5.94. The minimum Gasteiger partial charge on any atom is -0.481 e. The lowest BCUT2D eigenvalue weighted by molar-refractivity contribution is 0.0939. The summed E-state index contributed by atoms with van der Waals surface area (Å²) in [5.74, 6) is 0.756. The molecule has 0 saturated heterocycles. The molecule has 0 aliphatic carbocycles. The number of nitrogens with one attached hydrogen (secondary N) is 2. The fourth-order valence-electron chi connectivity index (χ4n) is 2.65. The third-order valence-corrected chi connectivity index (χ3v) is 4.32. The number of aromatic nitrogens is 2. The summed E-state index contributed by atoms with van der Waals surface area (Å²) in [5, 5.41) is 10.8. The molecule has 1 unspecified atom stereocenters. The number of hydrogen-bond donors (Lipinski definition) is 2. The summed E-state index contributed by atoms with van der Waals surface area (Å²) in [5.41, 5.74) is 3.84. The molecule has 0 bridgehead atoms. The van der Waals surface area contributed by atoms with Gasteiger partial charge in [-0.25, -0.2) is 4.68 Å². The van der Waals surface area contributed by atoms with Crippen molar-refractivity contribution >= 4 is 5.91 Å². The Hall–Kier alpha value is -2.34. The summed E-state index contributed by atoms with van der Waals surface area (Å²) >= 11 is 0. The molecule has 1 heterocycles. The lowest BCUT2D eigenvalue weighted by Crippen LogP contribution is -2.31. The van der Waals surface area contributed by atoms with Gasteiger partial charge in [-0.1, -0.05) is 19.1 Å². The summed E-state index contributed by atoms with van der Waals surface area (Å²) in [7, 11) is 3.53. The van der Waals surface area contributed by atoms with Crippen LogP contribution in [0.1, 0.15) is 47.4 Å². The number of hydrogen-bond acceptors (Lipinski definition) is 4. The molecule has 136 valence electrons. The SMILES string of the molecule is CCC(C)NC(=O)c1ccc(CNCc2c(C)nn(C)c2OC)cc1. The van der Waals surface area contributed by atoms with E-state index < -0.39 is 0 Å². The molecular weight excluding hydrogens is 316 g/mol. The first-order valence-corrected chi connectivity index (χ1v) is 8.63. The average molecular weight is 344 g/mol. The summed E-state index contributed by atoms with van der Waals surface area (Å²) in [4.78, 5) is 12.1. The van der Waals surface area contributed by atoms with E-state index in [1.165, 1.54) is 0 Å². The van der Waals surface area contributed by atoms with Gasteiger partial charge in [0.25, 0.3) is 5.91 Å². The van der Waals surface area contributed by atoms with Gasteiger partial charge in [-0.15, -0.1) is 0 Å². The van der Waals surface area contributed by atoms with E-state index in [0.717, 1.165) is 29.1 Å². The topological polar surface area (TPSA) is 68.2 Å². The van der Waals surface area contributed by atoms with Gasteiger partial charge < -0.3 is 15.4 Å². The monoisotopic (exact) mass is 344 g/mol. The van der Waals surface area contributed by atoms with Crippen molar-refractivity contribution < 1.29 is 9.53 Å². The van der Waals surface area contributed by atoms with Crippen molar-refractivity contribution in [1.82, 2.24) is 20.4 Å². The predicted molar refractivity (Wildman–Crippen MR) is 98.7 cm³/mol. The summed E-state index contributed by atoms with van der Waals surface area (Å²) in [6.45, 7) is 7.43. The van der Waals surface area contributed by atoms with E-state index in [1.807, 2.05) is 45.2 Å². The van der Waals surface area contributed by atoms with E-state index in [1.54, 1.807) is 11.8 Å². The minimum atomic E-state index is -0.0235. The number of nitrogens with zero attached hydrogens (tertiary/aromatic N) is 2. The highest BCUT2D eigenvalue weighted by Crippen LogP contribution is 2.20. The first kappa shape index (κ1) is 19.0. The standard InChI is InChI=1S/C19H28N4O2/c1-6-13(2)21-18(24)16-9-7-15(8-10-16)11-20-12-17-14(3)22-23(4)19(17)25-5/h7-10,13,20H,6,11-12H2,1-5H3,(H,21,24). The second kappa shape index (κ2) is 8.67. The number of ether oxygens (including phenoxy) is 1. The molecule has 2 N–H and O–H groups in total. The molecule has 0 fully saturated rings. The van der Waals surface area contributed by atoms with E-state index in [9.17, 15) is 4.79 Å². The van der Waals surface area contributed by atoms with Crippen LogP contribution in [0, 0.1) is 6.92 Å². The van der Waals surface area contributed by atoms with E-state index in [4.69, 9.17) is 4.74 Å². The van der Waals surface area contributed by atoms with Gasteiger partial charge in [-0.3, -0.25) is 4.79 Å². The maximum absolute atomic E-state index is 12.1. The Bertz CT molecular complexity index is 707. The molecule has 1 aromatic carbocycles. The van der Waals surface area contributed by atoms with Crippen molar-refractivity contribution in [3.8, 4) is 5.88 Å². The van der Waals surface area contributed by atoms with E-state index in [2.05, 4.69) is 22.7 Å². The zero-order valence-electron chi connectivity index (χ0n) is 15.7. The predicted octanol–water partition coefficient (Wildman–Crippen LogP) is 2.56. The lowest BCUT2D eigenvalue weighted by Gasteiger charge is -2.12. The van der Waals surface area contributed by atoms with Crippen LogP contribution in [0.4, 0.5) is 0 Å². The Morgan fingerprint density at radius 3 is 2.56 bits per heavy atom. The Kier molecular flexibility index (Phi) is 6.58. The zero-order chi connectivity index (χ0) is 18.4. The van der Waals surface area contributed by atoms with Crippen molar-refractivity contribution in [1.29, 1.82) is 0 Å². The lowest BCUT2D eigenvalue weighted by atomic mass is 10.1. The second-order valence-corrected chi connectivity index (χ2v) is 6.28. The molecule has 0 radical (unpaired) electrons. The normalized spacial score (nSPS) is 12.0. The molecule has 0 spiro atoms. The molecule has 0 aliphatic heterocycles. The molecular formula is C19H28N4O2. The highest BCUT2D eigenvalue weighted by atomic mass is 16.5. The number of methoxy groups -OCH3 is 1. The summed E-state index contributed by atoms with van der Waals surface area (Å²) in [6.07, 6.45) is 0.922. The van der Waals surface area contributed by atoms with Crippen LogP contribution in [0.2, 0.25) is 0 Å². The number of amides is 1. The van der Waals surface area contributed by atoms with E-state index in [-0.39, 0.29) is 11.9 Å². The Labute approximate surface area is 149 Å². The third-order valence-electron chi connectivity index (χ3n) is 4.32. The molecule has 6 heteroatoms. The summed E-state index contributed by atoms with van der Waals surface area (Å²) < 4.78 is 7.15. The van der Waals surface area contributed by atoms with Crippen LogP contribution in [-0.4, -0.2) is 28.8 Å². The minimum absolute atomic E-state index is 0.0235. The van der Waals surface area contributed by atoms with Crippen molar-refractivity contribution in [3.63, 3.8) is 0 Å². The first-order valence-electron chi connectivity index (χ1n) is 8.63. The molecule has 2 rings (SSSR count). The average Bonchev–Trinajstić information content (AvgIpc) is 2.88. The fourth-order valence-corrected chi connectivity index (χ4v) is 2.65. The molecule has 25 heavy (non-hydrogen) atoms. The van der Waals surface area contributed by atoms with Crippen molar-refractivity contribution in [2.24, 2.45) is 7.05 Å². The van der Waals surface area contributed by atoms with Crippen LogP contribution in [0.5, 0.6) is 5.88 Å². The van der Waals surface area contributed by atoms with Gasteiger partial charge in [0.05, 0.1) is 18.4 Å². The van der Waals surface area contributed by atoms with Crippen LogP contribution in [0.25, 0.3) is 0 Å². The van der Waals surface area contributed by atoms with Gasteiger partial charge in [0, 0.05) is 31.7 Å². The number of rotatable bonds is 8. The number of carbonyl (C=O) groups excluding carboxylic acids is 1. The Morgan fingerprint density at radius 2 is 1.96 bits per heavy atom. The number of aryl methyl sites for hydroxylation is 2. The molecule has 1 amide bonds. The molecule has 1 atom stereocenters.